The number of aromatic nitrogens is 1. The molecule has 2 aromatic carbocycles. The van der Waals surface area contributed by atoms with E-state index in [9.17, 15) is 15.0 Å². The molecule has 2 aliphatic heterocycles. The van der Waals surface area contributed by atoms with Gasteiger partial charge in [-0.25, -0.2) is 0 Å². The minimum Gasteiger partial charge on any atom is -0.504 e. The van der Waals surface area contributed by atoms with Crippen molar-refractivity contribution >= 4 is 10.9 Å². The average Bonchev–Trinajstić information content (AvgIpc) is 2.94. The predicted octanol–water partition coefficient (Wildman–Crippen LogP) is 3.45. The van der Waals surface area contributed by atoms with E-state index in [1.54, 1.807) is 32.2 Å². The fourth-order valence-electron chi connectivity index (χ4n) is 4.13. The molecular formula is C24H21NO7. The molecule has 5 rings (SSSR count). The smallest absolute Gasteiger partial charge is 0.286 e. The Balaban J connectivity index is 1.84. The molecule has 8 nitrogen and oxygen atoms in total. The Labute approximate surface area is 183 Å². The Kier molecular flexibility index (Phi) is 4.51. The SMILES string of the molecule is COc1ccc(-c2cc(=O)c3cc(O)c(OC)c4c3n2OC2OC(C)=C(O)C=C2C4)cc1. The summed E-state index contributed by atoms with van der Waals surface area (Å²) in [6, 6.07) is 10.1. The molecule has 1 unspecified atom stereocenters. The van der Waals surface area contributed by atoms with Crippen LogP contribution in [0.2, 0.25) is 0 Å². The molecule has 0 bridgehead atoms. The van der Waals surface area contributed by atoms with Crippen molar-refractivity contribution in [3.8, 4) is 28.5 Å². The molecule has 0 fully saturated rings. The zero-order valence-electron chi connectivity index (χ0n) is 17.7. The summed E-state index contributed by atoms with van der Waals surface area (Å²) in [5, 5.41) is 21.0. The van der Waals surface area contributed by atoms with Gasteiger partial charge in [-0.05, 0) is 43.3 Å². The Morgan fingerprint density at radius 3 is 2.53 bits per heavy atom. The van der Waals surface area contributed by atoms with Crippen LogP contribution in [0.1, 0.15) is 12.5 Å². The predicted molar refractivity (Wildman–Crippen MR) is 117 cm³/mol. The number of phenols is 1. The third-order valence-corrected chi connectivity index (χ3v) is 5.73. The molecule has 0 saturated heterocycles. The lowest BCUT2D eigenvalue weighted by molar-refractivity contribution is -0.0952. The number of nitrogens with zero attached hydrogens (tertiary/aromatic N) is 1. The van der Waals surface area contributed by atoms with Gasteiger partial charge < -0.3 is 29.3 Å². The summed E-state index contributed by atoms with van der Waals surface area (Å²) in [6.45, 7) is 1.64. The fourth-order valence-corrected chi connectivity index (χ4v) is 4.13. The summed E-state index contributed by atoms with van der Waals surface area (Å²) in [4.78, 5) is 19.3. The molecule has 164 valence electrons. The van der Waals surface area contributed by atoms with E-state index in [1.807, 2.05) is 12.1 Å². The van der Waals surface area contributed by atoms with E-state index >= 15 is 0 Å². The van der Waals surface area contributed by atoms with Crippen molar-refractivity contribution in [3.63, 3.8) is 0 Å². The Bertz CT molecular complexity index is 1370. The first kappa shape index (κ1) is 19.9. The molecule has 8 heteroatoms. The van der Waals surface area contributed by atoms with Crippen molar-refractivity contribution in [3.05, 3.63) is 75.4 Å². The van der Waals surface area contributed by atoms with E-state index in [1.165, 1.54) is 24.0 Å². The number of rotatable bonds is 3. The molecular weight excluding hydrogens is 414 g/mol. The number of allylic oxidation sites excluding steroid dienone is 2. The minimum atomic E-state index is -0.840. The van der Waals surface area contributed by atoms with Crippen LogP contribution in [-0.4, -0.2) is 35.5 Å². The van der Waals surface area contributed by atoms with Crippen LogP contribution < -0.4 is 19.7 Å². The maximum Gasteiger partial charge on any atom is 0.286 e. The molecule has 0 amide bonds. The third kappa shape index (κ3) is 2.95. The molecule has 32 heavy (non-hydrogen) atoms. The lowest BCUT2D eigenvalue weighted by Gasteiger charge is -2.26. The summed E-state index contributed by atoms with van der Waals surface area (Å²) >= 11 is 0. The Hall–Kier alpha value is -4.07. The van der Waals surface area contributed by atoms with Crippen molar-refractivity contribution in [2.45, 2.75) is 19.6 Å². The molecule has 1 aromatic heterocycles. The largest absolute Gasteiger partial charge is 0.504 e. The quantitative estimate of drug-likeness (QED) is 0.650. The van der Waals surface area contributed by atoms with Crippen LogP contribution in [0.4, 0.5) is 0 Å². The summed E-state index contributed by atoms with van der Waals surface area (Å²) in [7, 11) is 3.03. The highest BCUT2D eigenvalue weighted by atomic mass is 16.8. The first-order chi connectivity index (χ1) is 15.4. The zero-order chi connectivity index (χ0) is 22.6. The van der Waals surface area contributed by atoms with Crippen LogP contribution >= 0.6 is 0 Å². The van der Waals surface area contributed by atoms with Gasteiger partial charge in [0.15, 0.2) is 22.7 Å². The fraction of sp³-hybridized carbons (Fsp3) is 0.208. The number of ether oxygens (including phenoxy) is 3. The van der Waals surface area contributed by atoms with Crippen LogP contribution in [0.3, 0.4) is 0 Å². The average molecular weight is 435 g/mol. The molecule has 2 aliphatic rings. The Morgan fingerprint density at radius 1 is 1.09 bits per heavy atom. The van der Waals surface area contributed by atoms with Gasteiger partial charge in [0.2, 0.25) is 0 Å². The summed E-state index contributed by atoms with van der Waals surface area (Å²) in [6.07, 6.45) is 0.978. The van der Waals surface area contributed by atoms with E-state index in [0.717, 1.165) is 5.56 Å². The zero-order valence-corrected chi connectivity index (χ0v) is 17.7. The molecule has 0 saturated carbocycles. The van der Waals surface area contributed by atoms with Crippen LogP contribution in [0.5, 0.6) is 17.2 Å². The number of fused-ring (bicyclic) bond motifs is 1. The Morgan fingerprint density at radius 2 is 1.84 bits per heavy atom. The van der Waals surface area contributed by atoms with Gasteiger partial charge in [0.1, 0.15) is 11.5 Å². The normalized spacial score (nSPS) is 17.1. The lowest BCUT2D eigenvalue weighted by atomic mass is 9.98. The second kappa shape index (κ2) is 7.26. The highest BCUT2D eigenvalue weighted by Crippen LogP contribution is 2.41. The van der Waals surface area contributed by atoms with Crippen molar-refractivity contribution < 1.29 is 29.3 Å². The summed E-state index contributed by atoms with van der Waals surface area (Å²) in [5.41, 5.74) is 2.59. The first-order valence-electron chi connectivity index (χ1n) is 9.98. The van der Waals surface area contributed by atoms with Crippen LogP contribution in [0, 0.1) is 0 Å². The van der Waals surface area contributed by atoms with Crippen molar-refractivity contribution in [2.75, 3.05) is 14.2 Å². The van der Waals surface area contributed by atoms with E-state index in [4.69, 9.17) is 19.0 Å². The van der Waals surface area contributed by atoms with Gasteiger partial charge in [0.25, 0.3) is 6.29 Å². The van der Waals surface area contributed by atoms with Crippen LogP contribution in [-0.2, 0) is 11.2 Å². The molecule has 1 atom stereocenters. The van der Waals surface area contributed by atoms with Crippen molar-refractivity contribution in [2.24, 2.45) is 0 Å². The maximum atomic E-state index is 13.1. The third-order valence-electron chi connectivity index (χ3n) is 5.73. The second-order valence-electron chi connectivity index (χ2n) is 7.61. The number of methoxy groups -OCH3 is 2. The number of benzene rings is 2. The first-order valence-corrected chi connectivity index (χ1v) is 9.98. The van der Waals surface area contributed by atoms with E-state index in [2.05, 4.69) is 0 Å². The topological polar surface area (TPSA) is 99.4 Å². The molecule has 0 radical (unpaired) electrons. The molecule has 0 aliphatic carbocycles. The van der Waals surface area contributed by atoms with Gasteiger partial charge in [-0.15, -0.1) is 0 Å². The van der Waals surface area contributed by atoms with Gasteiger partial charge in [0, 0.05) is 29.2 Å². The van der Waals surface area contributed by atoms with Crippen molar-refractivity contribution in [1.29, 1.82) is 0 Å². The minimum absolute atomic E-state index is 0.00828. The summed E-state index contributed by atoms with van der Waals surface area (Å²) in [5.74, 6) is 1.07. The van der Waals surface area contributed by atoms with Gasteiger partial charge in [0.05, 0.1) is 30.8 Å². The highest BCUT2D eigenvalue weighted by Gasteiger charge is 2.33. The number of pyridine rings is 1. The second-order valence-corrected chi connectivity index (χ2v) is 7.61. The van der Waals surface area contributed by atoms with E-state index in [-0.39, 0.29) is 34.5 Å². The lowest BCUT2D eigenvalue weighted by Crippen LogP contribution is -2.32. The maximum absolute atomic E-state index is 13.1. The number of aliphatic hydroxyl groups excluding tert-OH is 1. The number of aromatic hydroxyl groups is 1. The van der Waals surface area contributed by atoms with Gasteiger partial charge in [-0.3, -0.25) is 4.79 Å². The van der Waals surface area contributed by atoms with Gasteiger partial charge >= 0.3 is 0 Å². The molecule has 3 aromatic rings. The number of hydrogen-bond acceptors (Lipinski definition) is 7. The number of phenolic OH excluding ortho intramolecular Hbond substituents is 1. The molecule has 2 N–H and O–H groups in total. The van der Waals surface area contributed by atoms with Gasteiger partial charge in [-0.2, -0.15) is 4.73 Å². The van der Waals surface area contributed by atoms with E-state index in [0.29, 0.717) is 33.9 Å². The highest BCUT2D eigenvalue weighted by molar-refractivity contribution is 5.89. The number of aliphatic hydroxyl groups is 1. The van der Waals surface area contributed by atoms with Crippen molar-refractivity contribution in [1.82, 2.24) is 4.73 Å². The van der Waals surface area contributed by atoms with Crippen LogP contribution in [0.15, 0.2) is 64.4 Å². The standard InChI is InChI=1S/C24H21NO7/c1-12-19(26)9-14-8-17-22-16(10-21(28)23(17)30-3)20(27)11-18(25(22)32-24(14)31-12)13-4-6-15(29-2)7-5-13/h4-7,9-11,24,26,28H,8H2,1-3H3. The molecule has 0 spiro atoms. The monoisotopic (exact) mass is 435 g/mol. The van der Waals surface area contributed by atoms with Gasteiger partial charge in [-0.1, -0.05) is 0 Å². The van der Waals surface area contributed by atoms with E-state index < -0.39 is 6.29 Å². The number of hydrogen-bond donors (Lipinski definition) is 2. The molecule has 3 heterocycles. The van der Waals surface area contributed by atoms with Crippen LogP contribution in [0.25, 0.3) is 22.2 Å². The summed E-state index contributed by atoms with van der Waals surface area (Å²) < 4.78 is 18.1.